The number of rotatable bonds is 19. The van der Waals surface area contributed by atoms with E-state index in [1.54, 1.807) is 70.2 Å². The number of aryl methyl sites for hydroxylation is 2. The van der Waals surface area contributed by atoms with Gasteiger partial charge in [0.2, 0.25) is 0 Å². The number of fused-ring (bicyclic) bond motifs is 4. The lowest BCUT2D eigenvalue weighted by molar-refractivity contribution is 0.0695. The van der Waals surface area contributed by atoms with E-state index in [-0.39, 0.29) is 48.3 Å². The predicted molar refractivity (Wildman–Crippen MR) is 286 cm³/mol. The number of hydrogen-bond donors (Lipinski definition) is 7. The van der Waals surface area contributed by atoms with Gasteiger partial charge < -0.3 is 55.2 Å². The number of hydrogen-bond acceptors (Lipinski definition) is 15. The van der Waals surface area contributed by atoms with Crippen molar-refractivity contribution in [2.45, 2.75) is 103 Å². The average Bonchev–Trinajstić information content (AvgIpc) is 4.10. The number of nitrogens with two attached hydrogens (primary N) is 1. The second-order valence-electron chi connectivity index (χ2n) is 20.7. The van der Waals surface area contributed by atoms with Crippen LogP contribution >= 0.6 is 0 Å². The number of nitrogens with one attached hydrogen (secondary N) is 1. The highest BCUT2D eigenvalue weighted by molar-refractivity contribution is 6.76. The Labute approximate surface area is 434 Å². The minimum absolute atomic E-state index is 0.0458. The molecule has 0 saturated heterocycles. The van der Waals surface area contributed by atoms with E-state index in [1.807, 2.05) is 0 Å². The lowest BCUT2D eigenvalue weighted by atomic mass is 10.1. The smallest absolute Gasteiger partial charge is 0.339 e. The van der Waals surface area contributed by atoms with E-state index in [1.165, 1.54) is 37.4 Å². The summed E-state index contributed by atoms with van der Waals surface area (Å²) in [4.78, 5) is 43.3. The molecule has 0 spiro atoms. The van der Waals surface area contributed by atoms with Gasteiger partial charge >= 0.3 is 5.97 Å². The van der Waals surface area contributed by atoms with Crippen molar-refractivity contribution >= 4 is 72.2 Å². The van der Waals surface area contributed by atoms with Crippen molar-refractivity contribution in [1.29, 1.82) is 0 Å². The fourth-order valence-electron chi connectivity index (χ4n) is 7.49. The minimum Gasteiger partial charge on any atom is -0.478 e. The number of aliphatic hydroxyl groups is 4. The maximum absolute atomic E-state index is 13.8. The second-order valence-corrected chi connectivity index (χ2v) is 32.0. The molecule has 6 aromatic heterocycles. The fourth-order valence-corrected chi connectivity index (χ4v) is 9.00. The summed E-state index contributed by atoms with van der Waals surface area (Å²) in [7, 11) is 0.944. The second kappa shape index (κ2) is 24.5. The van der Waals surface area contributed by atoms with E-state index in [4.69, 9.17) is 30.4 Å². The van der Waals surface area contributed by atoms with Crippen molar-refractivity contribution in [2.75, 3.05) is 26.4 Å². The molecule has 8 aromatic rings. The van der Waals surface area contributed by atoms with Crippen LogP contribution in [0.4, 0.5) is 8.78 Å². The van der Waals surface area contributed by atoms with Crippen LogP contribution in [0.3, 0.4) is 0 Å². The third-order valence-corrected chi connectivity index (χ3v) is 15.5. The van der Waals surface area contributed by atoms with Gasteiger partial charge in [-0.25, -0.2) is 33.5 Å². The number of benzene rings is 2. The van der Waals surface area contributed by atoms with Crippen molar-refractivity contribution in [1.82, 2.24) is 53.9 Å². The maximum atomic E-state index is 13.8. The summed E-state index contributed by atoms with van der Waals surface area (Å²) >= 11 is 0. The molecule has 0 aliphatic heterocycles. The van der Waals surface area contributed by atoms with Gasteiger partial charge in [0.1, 0.15) is 64.5 Å². The number of carbonyl (C=O) groups is 2. The van der Waals surface area contributed by atoms with Crippen molar-refractivity contribution in [2.24, 2.45) is 19.8 Å². The predicted octanol–water partition coefficient (Wildman–Crippen LogP) is 5.73. The molecular weight excluding hydrogens is 1010 g/mol. The molecule has 6 heterocycles. The van der Waals surface area contributed by atoms with Crippen LogP contribution in [0.2, 0.25) is 51.4 Å². The third kappa shape index (κ3) is 14.5. The number of aromatic nitrogens is 10. The van der Waals surface area contributed by atoms with Crippen LogP contribution < -0.4 is 11.1 Å². The molecule has 0 bridgehead atoms. The first-order valence-corrected chi connectivity index (χ1v) is 31.7. The molecule has 8 N–H and O–H groups in total. The fraction of sp³-hybridized carbons (Fsp3) is 0.440. The molecule has 21 nitrogen and oxygen atoms in total. The van der Waals surface area contributed by atoms with E-state index >= 15 is 0 Å². The average molecular weight is 1080 g/mol. The van der Waals surface area contributed by atoms with E-state index < -0.39 is 58.9 Å². The lowest BCUT2D eigenvalue weighted by Crippen LogP contribution is -2.44. The Morgan fingerprint density at radius 2 is 1.15 bits per heavy atom. The number of carboxylic acid groups (broad SMARTS) is 1. The Balaban J connectivity index is 0.000000219. The zero-order chi connectivity index (χ0) is 55.1. The molecule has 0 unspecified atom stereocenters. The van der Waals surface area contributed by atoms with Gasteiger partial charge in [0.25, 0.3) is 5.91 Å². The molecule has 404 valence electrons. The highest BCUT2D eigenvalue weighted by atomic mass is 28.3. The van der Waals surface area contributed by atoms with E-state index in [0.717, 1.165) is 12.1 Å². The minimum atomic E-state index is -1.27. The number of aliphatic hydroxyl groups excluding tert-OH is 4. The number of carbonyl (C=O) groups excluding carboxylic acids is 1. The first-order valence-electron chi connectivity index (χ1n) is 24.3. The summed E-state index contributed by atoms with van der Waals surface area (Å²) < 4.78 is 45.6. The molecule has 2 aromatic carbocycles. The SMILES string of the molecule is C[C@H](O)[C@@H](CO)NC(=O)c1cn(COCC[Si](C)(C)C)c2ncc(-c3nn(C)c4cc(F)ccc34)nc12.C[C@H](O)[C@H](N)CO.Cn1nc(-c2cnc3c(n2)c(C(=O)O)cn3COCC[Si](C)(C)C)c2ccc(F)cc21. The van der Waals surface area contributed by atoms with Gasteiger partial charge in [0, 0.05) is 66.6 Å². The Morgan fingerprint density at radius 3 is 1.52 bits per heavy atom. The van der Waals surface area contributed by atoms with E-state index in [0.29, 0.717) is 74.6 Å². The molecule has 75 heavy (non-hydrogen) atoms. The van der Waals surface area contributed by atoms with Crippen LogP contribution in [0.25, 0.3) is 66.9 Å². The summed E-state index contributed by atoms with van der Waals surface area (Å²) in [5.41, 5.74) is 9.94. The maximum Gasteiger partial charge on any atom is 0.339 e. The Bertz CT molecular complexity index is 3270. The van der Waals surface area contributed by atoms with Crippen molar-refractivity contribution in [3.63, 3.8) is 0 Å². The van der Waals surface area contributed by atoms with Crippen LogP contribution in [0.5, 0.6) is 0 Å². The number of amides is 1. The highest BCUT2D eigenvalue weighted by Gasteiger charge is 2.25. The monoisotopic (exact) mass is 1070 g/mol. The van der Waals surface area contributed by atoms with Gasteiger partial charge in [-0.1, -0.05) is 39.3 Å². The normalized spacial score (nSPS) is 13.6. The molecule has 0 aliphatic carbocycles. The van der Waals surface area contributed by atoms with E-state index in [9.17, 15) is 33.7 Å². The zero-order valence-electron chi connectivity index (χ0n) is 43.9. The van der Waals surface area contributed by atoms with Crippen LogP contribution in [0, 0.1) is 11.6 Å². The van der Waals surface area contributed by atoms with Gasteiger partial charge in [-0.05, 0) is 62.3 Å². The molecule has 0 radical (unpaired) electrons. The Hall–Kier alpha value is -6.43. The quantitative estimate of drug-likeness (QED) is 0.0376. The summed E-state index contributed by atoms with van der Waals surface area (Å²) in [6, 6.07) is 9.46. The Morgan fingerprint density at radius 1 is 0.707 bits per heavy atom. The number of halogens is 2. The van der Waals surface area contributed by atoms with Crippen molar-refractivity contribution in [3.05, 3.63) is 83.9 Å². The van der Waals surface area contributed by atoms with Crippen LogP contribution in [0.15, 0.2) is 61.2 Å². The van der Waals surface area contributed by atoms with Crippen LogP contribution in [-0.4, -0.2) is 153 Å². The van der Waals surface area contributed by atoms with Crippen molar-refractivity contribution in [3.8, 4) is 22.8 Å². The zero-order valence-corrected chi connectivity index (χ0v) is 45.9. The topological polar surface area (TPSA) is 289 Å². The summed E-state index contributed by atoms with van der Waals surface area (Å²) in [5.74, 6) is -2.33. The first kappa shape index (κ1) is 57.8. The molecule has 1 amide bonds. The molecule has 0 fully saturated rings. The van der Waals surface area contributed by atoms with Crippen LogP contribution in [0.1, 0.15) is 34.6 Å². The van der Waals surface area contributed by atoms with E-state index in [2.05, 4.69) is 69.7 Å². The molecule has 4 atom stereocenters. The van der Waals surface area contributed by atoms with Gasteiger partial charge in [-0.3, -0.25) is 14.2 Å². The number of carboxylic acids is 1. The largest absolute Gasteiger partial charge is 0.478 e. The molecule has 8 rings (SSSR count). The first-order chi connectivity index (χ1) is 35.3. The van der Waals surface area contributed by atoms with Gasteiger partial charge in [0.05, 0.1) is 66.5 Å². The molecule has 25 heteroatoms. The number of aromatic carboxylic acids is 1. The number of nitrogens with zero attached hydrogens (tertiary/aromatic N) is 10. The molecular formula is C50H68F2N12O9Si2. The summed E-state index contributed by atoms with van der Waals surface area (Å²) in [6.07, 6.45) is 4.68. The number of ether oxygens (including phenoxy) is 2. The van der Waals surface area contributed by atoms with Gasteiger partial charge in [-0.15, -0.1) is 0 Å². The summed E-state index contributed by atoms with van der Waals surface area (Å²) in [6.45, 7) is 17.7. The summed E-state index contributed by atoms with van der Waals surface area (Å²) in [5, 5.41) is 58.9. The van der Waals surface area contributed by atoms with Gasteiger partial charge in [0.15, 0.2) is 11.3 Å². The van der Waals surface area contributed by atoms with Gasteiger partial charge in [-0.2, -0.15) is 10.2 Å². The lowest BCUT2D eigenvalue weighted by Gasteiger charge is -2.18. The highest BCUT2D eigenvalue weighted by Crippen LogP contribution is 2.31. The van der Waals surface area contributed by atoms with Crippen molar-refractivity contribution < 1.29 is 53.4 Å². The molecule has 0 aliphatic rings. The van der Waals surface area contributed by atoms with Crippen LogP contribution in [-0.2, 0) is 37.0 Å². The Kier molecular flexibility index (Phi) is 18.9. The molecule has 0 saturated carbocycles. The third-order valence-electron chi connectivity index (χ3n) is 12.1. The standard InChI is InChI=1S/C25H33FN6O4Si.C21H24FN5O3Si.C4H11NO2/c1-15(34)20(13-33)29-25(35)18-12-32(14-36-8-9-37(3,4)5)24-23(18)28-19(11-27-24)22-17-7-6-16(26)10-21(17)31(2)30-22;1-26-17-9-13(22)5-6-14(17)18(25-26)16-10-23-20-19(24-16)15(21(28)29)11-27(20)12-30-7-8-31(2,3)4;1-3(7)4(5)2-6/h6-7,10-12,15,20,33-34H,8-9,13-14H2,1-5H3,(H,29,35);5-6,9-11H,7-8,12H2,1-4H3,(H,28,29);3-4,6-7H,2,5H2,1H3/t15-,20+;;3-,4+/m0.0/s1.